The van der Waals surface area contributed by atoms with Crippen LogP contribution >= 0.6 is 15.9 Å². The van der Waals surface area contributed by atoms with Gasteiger partial charge in [-0.15, -0.1) is 0 Å². The summed E-state index contributed by atoms with van der Waals surface area (Å²) in [6, 6.07) is 6.63. The Morgan fingerprint density at radius 1 is 1.25 bits per heavy atom. The summed E-state index contributed by atoms with van der Waals surface area (Å²) in [4.78, 5) is 2.13. The Labute approximate surface area is 130 Å². The van der Waals surface area contributed by atoms with Gasteiger partial charge in [0.2, 0.25) is 0 Å². The zero-order valence-corrected chi connectivity index (χ0v) is 14.8. The van der Waals surface area contributed by atoms with E-state index in [1.54, 1.807) is 0 Å². The Bertz CT molecular complexity index is 497. The maximum Gasteiger partial charge on any atom is 0.0834 e. The van der Waals surface area contributed by atoms with E-state index >= 15 is 0 Å². The predicted octanol–water partition coefficient (Wildman–Crippen LogP) is 4.27. The van der Waals surface area contributed by atoms with E-state index in [0.717, 1.165) is 16.6 Å². The van der Waals surface area contributed by atoms with Crippen molar-refractivity contribution in [1.29, 1.82) is 0 Å². The second-order valence-electron chi connectivity index (χ2n) is 6.92. The number of halogens is 1. The molecule has 1 fully saturated rings. The van der Waals surface area contributed by atoms with Gasteiger partial charge in [-0.2, -0.15) is 0 Å². The fraction of sp³-hybridized carbons (Fsp3) is 0.625. The van der Waals surface area contributed by atoms with Crippen molar-refractivity contribution in [2.45, 2.75) is 51.4 Å². The number of nitrogens with zero attached hydrogens (tertiary/aromatic N) is 1. The fourth-order valence-corrected chi connectivity index (χ4v) is 3.35. The normalized spacial score (nSPS) is 23.6. The van der Waals surface area contributed by atoms with Crippen LogP contribution in [0.4, 0.5) is 11.4 Å². The molecule has 1 heterocycles. The molecule has 1 aliphatic rings. The summed E-state index contributed by atoms with van der Waals surface area (Å²) in [5.41, 5.74) is 2.08. The Hall–Kier alpha value is -0.740. The highest BCUT2D eigenvalue weighted by Gasteiger charge is 2.46. The summed E-state index contributed by atoms with van der Waals surface area (Å²) in [5, 5.41) is 3.68. The van der Waals surface area contributed by atoms with E-state index in [1.165, 1.54) is 5.69 Å². The van der Waals surface area contributed by atoms with Crippen LogP contribution in [-0.4, -0.2) is 31.3 Å². The molecule has 112 valence electrons. The molecule has 0 bridgehead atoms. The van der Waals surface area contributed by atoms with E-state index in [-0.39, 0.29) is 11.2 Å². The van der Waals surface area contributed by atoms with Crippen molar-refractivity contribution in [2.75, 3.05) is 24.3 Å². The third-order valence-electron chi connectivity index (χ3n) is 3.84. The minimum Gasteiger partial charge on any atom is -0.378 e. The van der Waals surface area contributed by atoms with Crippen molar-refractivity contribution < 1.29 is 4.74 Å². The quantitative estimate of drug-likeness (QED) is 0.888. The van der Waals surface area contributed by atoms with Crippen LogP contribution in [-0.2, 0) is 4.74 Å². The van der Waals surface area contributed by atoms with Gasteiger partial charge in [0.25, 0.3) is 0 Å². The molecule has 1 aromatic rings. The Kier molecular flexibility index (Phi) is 4.09. The number of nitrogens with one attached hydrogen (secondary N) is 1. The van der Waals surface area contributed by atoms with E-state index < -0.39 is 0 Å². The molecule has 0 amide bonds. The average Bonchev–Trinajstić information content (AvgIpc) is 2.46. The molecule has 1 aliphatic heterocycles. The Morgan fingerprint density at radius 3 is 2.40 bits per heavy atom. The predicted molar refractivity (Wildman–Crippen MR) is 89.7 cm³/mol. The number of anilines is 2. The first kappa shape index (κ1) is 15.6. The number of ether oxygens (including phenoxy) is 1. The van der Waals surface area contributed by atoms with Crippen molar-refractivity contribution in [1.82, 2.24) is 0 Å². The maximum atomic E-state index is 6.16. The first-order valence-corrected chi connectivity index (χ1v) is 7.84. The van der Waals surface area contributed by atoms with Crippen LogP contribution in [0.1, 0.15) is 34.1 Å². The van der Waals surface area contributed by atoms with E-state index in [4.69, 9.17) is 4.74 Å². The minimum absolute atomic E-state index is 0.0779. The van der Waals surface area contributed by atoms with Gasteiger partial charge in [-0.1, -0.05) is 15.9 Å². The number of benzene rings is 1. The molecule has 1 aromatic carbocycles. The molecule has 3 nitrogen and oxygen atoms in total. The summed E-state index contributed by atoms with van der Waals surface area (Å²) >= 11 is 3.56. The molecule has 0 spiro atoms. The van der Waals surface area contributed by atoms with Crippen molar-refractivity contribution in [3.8, 4) is 0 Å². The minimum atomic E-state index is -0.171. The van der Waals surface area contributed by atoms with Gasteiger partial charge in [-0.3, -0.25) is 0 Å². The highest BCUT2D eigenvalue weighted by Crippen LogP contribution is 2.40. The van der Waals surface area contributed by atoms with Crippen LogP contribution < -0.4 is 10.2 Å². The average molecular weight is 341 g/mol. The van der Waals surface area contributed by atoms with Gasteiger partial charge in [0.1, 0.15) is 0 Å². The highest BCUT2D eigenvalue weighted by atomic mass is 79.9. The molecular formula is C16H25BrN2O. The third-order valence-corrected chi connectivity index (χ3v) is 4.34. The molecule has 0 radical (unpaired) electrons. The van der Waals surface area contributed by atoms with Gasteiger partial charge in [-0.25, -0.2) is 0 Å². The van der Waals surface area contributed by atoms with Crippen molar-refractivity contribution in [3.05, 3.63) is 22.7 Å². The monoisotopic (exact) mass is 340 g/mol. The molecule has 2 rings (SSSR count). The van der Waals surface area contributed by atoms with Gasteiger partial charge in [0, 0.05) is 18.6 Å². The lowest BCUT2D eigenvalue weighted by atomic mass is 9.94. The van der Waals surface area contributed by atoms with E-state index in [9.17, 15) is 0 Å². The molecule has 1 atom stereocenters. The zero-order chi connectivity index (χ0) is 15.1. The third kappa shape index (κ3) is 3.29. The summed E-state index contributed by atoms with van der Waals surface area (Å²) in [6.07, 6.45) is 0.999. The molecule has 1 unspecified atom stereocenters. The molecule has 0 aromatic heterocycles. The van der Waals surface area contributed by atoms with Crippen LogP contribution in [0.2, 0.25) is 0 Å². The largest absolute Gasteiger partial charge is 0.378 e. The van der Waals surface area contributed by atoms with Crippen LogP contribution in [0.15, 0.2) is 22.7 Å². The lowest BCUT2D eigenvalue weighted by Gasteiger charge is -2.30. The van der Waals surface area contributed by atoms with Gasteiger partial charge in [0.05, 0.1) is 28.6 Å². The van der Waals surface area contributed by atoms with E-state index in [2.05, 4.69) is 86.1 Å². The summed E-state index contributed by atoms with van der Waals surface area (Å²) in [5.74, 6) is 0. The van der Waals surface area contributed by atoms with E-state index in [0.29, 0.717) is 6.04 Å². The number of rotatable bonds is 3. The Balaban J connectivity index is 2.28. The second kappa shape index (κ2) is 5.23. The molecule has 1 N–H and O–H groups in total. The van der Waals surface area contributed by atoms with Crippen molar-refractivity contribution in [3.63, 3.8) is 0 Å². The van der Waals surface area contributed by atoms with Gasteiger partial charge in [-0.05, 0) is 52.3 Å². The van der Waals surface area contributed by atoms with Gasteiger partial charge in [0.15, 0.2) is 0 Å². The molecule has 1 saturated heterocycles. The summed E-state index contributed by atoms with van der Waals surface area (Å²) in [6.45, 7) is 8.63. The molecule has 4 heteroatoms. The summed E-state index contributed by atoms with van der Waals surface area (Å²) in [7, 11) is 4.13. The van der Waals surface area contributed by atoms with E-state index in [1.807, 2.05) is 0 Å². The van der Waals surface area contributed by atoms with Crippen molar-refractivity contribution >= 4 is 27.3 Å². The topological polar surface area (TPSA) is 24.5 Å². The van der Waals surface area contributed by atoms with Crippen LogP contribution in [0.5, 0.6) is 0 Å². The first-order chi connectivity index (χ1) is 9.11. The summed E-state index contributed by atoms with van der Waals surface area (Å²) < 4.78 is 7.25. The Morgan fingerprint density at radius 2 is 1.90 bits per heavy atom. The molecule has 0 saturated carbocycles. The van der Waals surface area contributed by atoms with Crippen molar-refractivity contribution in [2.24, 2.45) is 0 Å². The SMILES string of the molecule is CN(C)c1ccc(Br)cc1NC1CC(C)(C)OC1(C)C. The zero-order valence-electron chi connectivity index (χ0n) is 13.2. The lowest BCUT2D eigenvalue weighted by Crippen LogP contribution is -2.38. The number of hydrogen-bond donors (Lipinski definition) is 1. The van der Waals surface area contributed by atoms with Gasteiger partial charge >= 0.3 is 0 Å². The van der Waals surface area contributed by atoms with Crippen LogP contribution in [0.3, 0.4) is 0 Å². The maximum absolute atomic E-state index is 6.16. The first-order valence-electron chi connectivity index (χ1n) is 7.04. The second-order valence-corrected chi connectivity index (χ2v) is 7.84. The standard InChI is InChI=1S/C16H25BrN2O/c1-15(2)10-14(16(3,4)20-15)18-12-9-11(17)7-8-13(12)19(5)6/h7-9,14,18H,10H2,1-6H3. The lowest BCUT2D eigenvalue weighted by molar-refractivity contribution is -0.0662. The van der Waals surface area contributed by atoms with Crippen LogP contribution in [0.25, 0.3) is 0 Å². The molecule has 0 aliphatic carbocycles. The van der Waals surface area contributed by atoms with Gasteiger partial charge < -0.3 is 15.0 Å². The smallest absolute Gasteiger partial charge is 0.0834 e. The molecule has 20 heavy (non-hydrogen) atoms. The molecular weight excluding hydrogens is 316 g/mol. The fourth-order valence-electron chi connectivity index (χ4n) is 2.99. The highest BCUT2D eigenvalue weighted by molar-refractivity contribution is 9.10. The van der Waals surface area contributed by atoms with Crippen LogP contribution in [0, 0.1) is 0 Å². The number of hydrogen-bond acceptors (Lipinski definition) is 3.